The molecule has 0 bridgehead atoms. The van der Waals surface area contributed by atoms with Crippen LogP contribution in [-0.2, 0) is 4.79 Å². The summed E-state index contributed by atoms with van der Waals surface area (Å²) in [7, 11) is 1.58. The van der Waals surface area contributed by atoms with Crippen molar-refractivity contribution in [2.45, 2.75) is 0 Å². The molecular weight excluding hydrogens is 420 g/mol. The Morgan fingerprint density at radius 1 is 1.09 bits per heavy atom. The van der Waals surface area contributed by atoms with Gasteiger partial charge < -0.3 is 14.8 Å². The molecule has 5 nitrogen and oxygen atoms in total. The highest BCUT2D eigenvalue weighted by molar-refractivity contribution is 7.21. The van der Waals surface area contributed by atoms with Gasteiger partial charge in [-0.1, -0.05) is 43.0 Å². The first-order valence-electron chi connectivity index (χ1n) is 10.0. The van der Waals surface area contributed by atoms with Gasteiger partial charge in [0.2, 0.25) is 5.91 Å². The fourth-order valence-corrected chi connectivity index (χ4v) is 4.17. The Balaban J connectivity index is 1.51. The first kappa shape index (κ1) is 21.3. The molecule has 0 saturated heterocycles. The quantitative estimate of drug-likeness (QED) is 0.261. The molecule has 4 aromatic rings. The van der Waals surface area contributed by atoms with Gasteiger partial charge >= 0.3 is 0 Å². The van der Waals surface area contributed by atoms with Gasteiger partial charge in [0.15, 0.2) is 11.5 Å². The zero-order valence-corrected chi connectivity index (χ0v) is 18.4. The molecule has 1 amide bonds. The third kappa shape index (κ3) is 4.87. The van der Waals surface area contributed by atoms with Crippen molar-refractivity contribution in [3.05, 3.63) is 91.0 Å². The molecule has 0 radical (unpaired) electrons. The summed E-state index contributed by atoms with van der Waals surface area (Å²) >= 11 is 1.60. The highest BCUT2D eigenvalue weighted by Gasteiger charge is 2.11. The monoisotopic (exact) mass is 442 g/mol. The molecule has 0 unspecified atom stereocenters. The van der Waals surface area contributed by atoms with Crippen LogP contribution in [0.1, 0.15) is 5.56 Å². The molecule has 0 saturated carbocycles. The summed E-state index contributed by atoms with van der Waals surface area (Å²) in [6, 6.07) is 21.2. The summed E-state index contributed by atoms with van der Waals surface area (Å²) in [5.74, 6) is 0.985. The second-order valence-electron chi connectivity index (χ2n) is 6.86. The lowest BCUT2D eigenvalue weighted by atomic mass is 10.1. The molecule has 3 aromatic carbocycles. The first-order chi connectivity index (χ1) is 15.7. The molecule has 0 atom stereocenters. The first-order valence-corrected chi connectivity index (χ1v) is 10.9. The second-order valence-corrected chi connectivity index (χ2v) is 7.90. The molecule has 0 spiro atoms. The minimum Gasteiger partial charge on any atom is -0.493 e. The van der Waals surface area contributed by atoms with Crippen LogP contribution in [0.15, 0.2) is 85.5 Å². The number of anilines is 1. The van der Waals surface area contributed by atoms with Crippen molar-refractivity contribution in [3.63, 3.8) is 0 Å². The van der Waals surface area contributed by atoms with Crippen molar-refractivity contribution in [2.24, 2.45) is 0 Å². The highest BCUT2D eigenvalue weighted by Crippen LogP contribution is 2.34. The number of fused-ring (bicyclic) bond motifs is 1. The summed E-state index contributed by atoms with van der Waals surface area (Å²) < 4.78 is 12.0. The van der Waals surface area contributed by atoms with Gasteiger partial charge in [-0.25, -0.2) is 4.98 Å². The molecule has 0 aliphatic carbocycles. The standard InChI is InChI=1S/C26H22N2O3S/c1-3-16-31-22-14-12-18(17-23(22)30-2)13-15-25(29)27-20-9-5-4-8-19(20)26-28-21-10-6-7-11-24(21)32-26/h3-15,17H,1,16H2,2H3,(H,27,29)/b15-13+. The van der Waals surface area contributed by atoms with Crippen LogP contribution in [0.3, 0.4) is 0 Å². The Hall–Kier alpha value is -3.90. The van der Waals surface area contributed by atoms with Crippen molar-refractivity contribution >= 4 is 39.2 Å². The SMILES string of the molecule is C=CCOc1ccc(/C=C/C(=O)Nc2ccccc2-c2nc3ccccc3s2)cc1OC. The Bertz CT molecular complexity index is 1260. The number of carbonyl (C=O) groups excluding carboxylic acids is 1. The third-order valence-corrected chi connectivity index (χ3v) is 5.75. The number of ether oxygens (including phenoxy) is 2. The molecule has 0 aliphatic rings. The topological polar surface area (TPSA) is 60.5 Å². The van der Waals surface area contributed by atoms with Crippen LogP contribution in [0, 0.1) is 0 Å². The van der Waals surface area contributed by atoms with Gasteiger partial charge in [0, 0.05) is 11.6 Å². The normalized spacial score (nSPS) is 10.9. The lowest BCUT2D eigenvalue weighted by Gasteiger charge is -2.10. The number of carbonyl (C=O) groups is 1. The van der Waals surface area contributed by atoms with Gasteiger partial charge in [-0.3, -0.25) is 4.79 Å². The fourth-order valence-electron chi connectivity index (χ4n) is 3.17. The average Bonchev–Trinajstić information content (AvgIpc) is 3.26. The maximum atomic E-state index is 12.6. The van der Waals surface area contributed by atoms with E-state index in [0.717, 1.165) is 26.4 Å². The second kappa shape index (κ2) is 9.94. The maximum Gasteiger partial charge on any atom is 0.248 e. The zero-order valence-electron chi connectivity index (χ0n) is 17.6. The Labute approximate surface area is 190 Å². The molecular formula is C26H22N2O3S. The van der Waals surface area contributed by atoms with E-state index < -0.39 is 0 Å². The number of benzene rings is 3. The van der Waals surface area contributed by atoms with Crippen LogP contribution in [-0.4, -0.2) is 24.6 Å². The average molecular weight is 443 g/mol. The van der Waals surface area contributed by atoms with Gasteiger partial charge in [0.25, 0.3) is 0 Å². The smallest absolute Gasteiger partial charge is 0.248 e. The van der Waals surface area contributed by atoms with Crippen LogP contribution in [0.2, 0.25) is 0 Å². The number of aromatic nitrogens is 1. The predicted molar refractivity (Wildman–Crippen MR) is 131 cm³/mol. The van der Waals surface area contributed by atoms with Crippen LogP contribution in [0.4, 0.5) is 5.69 Å². The number of hydrogen-bond donors (Lipinski definition) is 1. The van der Waals surface area contributed by atoms with Crippen molar-refractivity contribution < 1.29 is 14.3 Å². The van der Waals surface area contributed by atoms with E-state index in [1.165, 1.54) is 6.08 Å². The van der Waals surface area contributed by atoms with E-state index in [-0.39, 0.29) is 5.91 Å². The number of amides is 1. The van der Waals surface area contributed by atoms with Crippen molar-refractivity contribution in [1.82, 2.24) is 4.98 Å². The highest BCUT2D eigenvalue weighted by atomic mass is 32.1. The van der Waals surface area contributed by atoms with Gasteiger partial charge in [-0.15, -0.1) is 11.3 Å². The number of nitrogens with one attached hydrogen (secondary N) is 1. The van der Waals surface area contributed by atoms with Crippen LogP contribution < -0.4 is 14.8 Å². The van der Waals surface area contributed by atoms with Crippen molar-refractivity contribution in [1.29, 1.82) is 0 Å². The maximum absolute atomic E-state index is 12.6. The number of rotatable bonds is 8. The molecule has 0 fully saturated rings. The molecule has 1 aromatic heterocycles. The molecule has 160 valence electrons. The third-order valence-electron chi connectivity index (χ3n) is 4.68. The van der Waals surface area contributed by atoms with Crippen LogP contribution >= 0.6 is 11.3 Å². The van der Waals surface area contributed by atoms with Crippen molar-refractivity contribution in [3.8, 4) is 22.1 Å². The summed E-state index contributed by atoms with van der Waals surface area (Å²) in [6.07, 6.45) is 4.90. The van der Waals surface area contributed by atoms with Crippen LogP contribution in [0.25, 0.3) is 26.9 Å². The predicted octanol–water partition coefficient (Wildman–Crippen LogP) is 6.19. The summed E-state index contributed by atoms with van der Waals surface area (Å²) in [4.78, 5) is 17.3. The minimum absolute atomic E-state index is 0.232. The van der Waals surface area contributed by atoms with Crippen LogP contribution in [0.5, 0.6) is 11.5 Å². The molecule has 6 heteroatoms. The van der Waals surface area contributed by atoms with Gasteiger partial charge in [0.05, 0.1) is 23.0 Å². The van der Waals surface area contributed by atoms with E-state index in [1.807, 2.05) is 66.7 Å². The number of thiazole rings is 1. The van der Waals surface area contributed by atoms with E-state index in [2.05, 4.69) is 11.9 Å². The van der Waals surface area contributed by atoms with Gasteiger partial charge in [0.1, 0.15) is 11.6 Å². The lowest BCUT2D eigenvalue weighted by Crippen LogP contribution is -2.08. The van der Waals surface area contributed by atoms with E-state index >= 15 is 0 Å². The van der Waals surface area contributed by atoms with E-state index in [1.54, 1.807) is 30.6 Å². The van der Waals surface area contributed by atoms with E-state index in [9.17, 15) is 4.79 Å². The van der Waals surface area contributed by atoms with Gasteiger partial charge in [-0.2, -0.15) is 0 Å². The fraction of sp³-hybridized carbons (Fsp3) is 0.0769. The van der Waals surface area contributed by atoms with Gasteiger partial charge in [-0.05, 0) is 48.0 Å². The number of hydrogen-bond acceptors (Lipinski definition) is 5. The molecule has 4 rings (SSSR count). The molecule has 0 aliphatic heterocycles. The number of para-hydroxylation sites is 2. The van der Waals surface area contributed by atoms with Crippen molar-refractivity contribution in [2.75, 3.05) is 19.0 Å². The number of nitrogens with zero attached hydrogens (tertiary/aromatic N) is 1. The van der Waals surface area contributed by atoms with E-state index in [4.69, 9.17) is 14.5 Å². The largest absolute Gasteiger partial charge is 0.493 e. The Kier molecular flexibility index (Phi) is 6.63. The Morgan fingerprint density at radius 3 is 2.72 bits per heavy atom. The lowest BCUT2D eigenvalue weighted by molar-refractivity contribution is -0.111. The molecule has 1 N–H and O–H groups in total. The number of methoxy groups -OCH3 is 1. The zero-order chi connectivity index (χ0) is 22.3. The Morgan fingerprint density at radius 2 is 1.91 bits per heavy atom. The molecule has 1 heterocycles. The summed E-state index contributed by atoms with van der Waals surface area (Å²) in [6.45, 7) is 4.03. The van der Waals surface area contributed by atoms with E-state index in [0.29, 0.717) is 23.8 Å². The summed E-state index contributed by atoms with van der Waals surface area (Å²) in [5.41, 5.74) is 3.37. The molecule has 32 heavy (non-hydrogen) atoms. The summed E-state index contributed by atoms with van der Waals surface area (Å²) in [5, 5.41) is 3.83. The minimum atomic E-state index is -0.232.